The summed E-state index contributed by atoms with van der Waals surface area (Å²) in [4.78, 5) is 12.5. The van der Waals surface area contributed by atoms with Crippen LogP contribution in [0.25, 0.3) is 0 Å². The molecule has 0 aliphatic heterocycles. The van der Waals surface area contributed by atoms with E-state index in [-0.39, 0.29) is 12.6 Å². The Balaban J connectivity index is 2.17. The predicted molar refractivity (Wildman–Crippen MR) is 106 cm³/mol. The zero-order chi connectivity index (χ0) is 19.3. The van der Waals surface area contributed by atoms with Crippen molar-refractivity contribution in [1.29, 1.82) is 0 Å². The standard InChI is InChI=1S/C18H21BrN2O4S/c1-13(16-9-4-5-10-17(16)25-2)20-18(22)12-21(26(3,23)24)15-8-6-7-14(19)11-15/h4-11,13H,12H2,1-3H3,(H,20,22)/t13-/m1/s1. The molecule has 1 atom stereocenters. The Kier molecular flexibility index (Phi) is 6.66. The molecule has 0 radical (unpaired) electrons. The first-order chi connectivity index (χ1) is 12.2. The van der Waals surface area contributed by atoms with E-state index < -0.39 is 15.9 Å². The number of hydrogen-bond acceptors (Lipinski definition) is 4. The van der Waals surface area contributed by atoms with Gasteiger partial charge in [0.25, 0.3) is 0 Å². The van der Waals surface area contributed by atoms with Crippen molar-refractivity contribution in [2.45, 2.75) is 13.0 Å². The molecule has 2 aromatic rings. The van der Waals surface area contributed by atoms with Crippen LogP contribution in [0.2, 0.25) is 0 Å². The van der Waals surface area contributed by atoms with Gasteiger partial charge in [-0.05, 0) is 31.2 Å². The number of para-hydroxylation sites is 1. The number of nitrogens with one attached hydrogen (secondary N) is 1. The van der Waals surface area contributed by atoms with Crippen LogP contribution >= 0.6 is 15.9 Å². The number of amides is 1. The first kappa shape index (κ1) is 20.3. The van der Waals surface area contributed by atoms with Crippen molar-refractivity contribution in [2.75, 3.05) is 24.2 Å². The van der Waals surface area contributed by atoms with Gasteiger partial charge in [-0.2, -0.15) is 0 Å². The topological polar surface area (TPSA) is 75.7 Å². The van der Waals surface area contributed by atoms with Crippen LogP contribution in [0.5, 0.6) is 5.75 Å². The molecule has 0 aliphatic rings. The lowest BCUT2D eigenvalue weighted by atomic mass is 10.1. The number of carbonyl (C=O) groups is 1. The maximum absolute atomic E-state index is 12.5. The highest BCUT2D eigenvalue weighted by Crippen LogP contribution is 2.25. The van der Waals surface area contributed by atoms with Gasteiger partial charge in [0.2, 0.25) is 15.9 Å². The summed E-state index contributed by atoms with van der Waals surface area (Å²) in [5, 5.41) is 2.82. The third-order valence-electron chi connectivity index (χ3n) is 3.77. The second kappa shape index (κ2) is 8.55. The molecule has 0 fully saturated rings. The fraction of sp³-hybridized carbons (Fsp3) is 0.278. The highest BCUT2D eigenvalue weighted by Gasteiger charge is 2.22. The van der Waals surface area contributed by atoms with Gasteiger partial charge in [0, 0.05) is 10.0 Å². The van der Waals surface area contributed by atoms with Gasteiger partial charge in [0.1, 0.15) is 12.3 Å². The van der Waals surface area contributed by atoms with E-state index in [4.69, 9.17) is 4.74 Å². The van der Waals surface area contributed by atoms with E-state index >= 15 is 0 Å². The number of carbonyl (C=O) groups excluding carboxylic acids is 1. The lowest BCUT2D eigenvalue weighted by molar-refractivity contribution is -0.120. The Bertz CT molecular complexity index is 886. The Morgan fingerprint density at radius 3 is 2.54 bits per heavy atom. The van der Waals surface area contributed by atoms with Crippen LogP contribution in [-0.4, -0.2) is 34.2 Å². The number of rotatable bonds is 7. The third kappa shape index (κ3) is 5.22. The van der Waals surface area contributed by atoms with E-state index in [1.807, 2.05) is 31.2 Å². The van der Waals surface area contributed by atoms with Gasteiger partial charge >= 0.3 is 0 Å². The van der Waals surface area contributed by atoms with Crippen molar-refractivity contribution >= 4 is 37.5 Å². The largest absolute Gasteiger partial charge is 0.496 e. The average molecular weight is 441 g/mol. The van der Waals surface area contributed by atoms with Crippen molar-refractivity contribution in [3.8, 4) is 5.75 Å². The quantitative estimate of drug-likeness (QED) is 0.717. The number of halogens is 1. The number of anilines is 1. The Morgan fingerprint density at radius 1 is 1.23 bits per heavy atom. The lowest BCUT2D eigenvalue weighted by Gasteiger charge is -2.24. The van der Waals surface area contributed by atoms with E-state index in [0.29, 0.717) is 11.4 Å². The molecule has 8 heteroatoms. The van der Waals surface area contributed by atoms with Crippen molar-refractivity contribution < 1.29 is 17.9 Å². The van der Waals surface area contributed by atoms with Crippen molar-refractivity contribution in [3.05, 3.63) is 58.6 Å². The molecule has 0 spiro atoms. The summed E-state index contributed by atoms with van der Waals surface area (Å²) in [5.74, 6) is 0.251. The van der Waals surface area contributed by atoms with E-state index in [1.54, 1.807) is 31.4 Å². The lowest BCUT2D eigenvalue weighted by Crippen LogP contribution is -2.41. The minimum absolute atomic E-state index is 0.311. The third-order valence-corrected chi connectivity index (χ3v) is 5.40. The smallest absolute Gasteiger partial charge is 0.241 e. The van der Waals surface area contributed by atoms with Crippen molar-refractivity contribution in [1.82, 2.24) is 5.32 Å². The fourth-order valence-corrected chi connectivity index (χ4v) is 3.79. The molecular weight excluding hydrogens is 420 g/mol. The molecule has 0 aromatic heterocycles. The summed E-state index contributed by atoms with van der Waals surface area (Å²) < 4.78 is 31.4. The second-order valence-electron chi connectivity index (χ2n) is 5.78. The fourth-order valence-electron chi connectivity index (χ4n) is 2.55. The maximum Gasteiger partial charge on any atom is 0.241 e. The van der Waals surface area contributed by atoms with Crippen molar-refractivity contribution in [2.24, 2.45) is 0 Å². The number of hydrogen-bond donors (Lipinski definition) is 1. The first-order valence-electron chi connectivity index (χ1n) is 7.88. The van der Waals surface area contributed by atoms with Crippen LogP contribution in [0.4, 0.5) is 5.69 Å². The molecule has 2 aromatic carbocycles. The SMILES string of the molecule is COc1ccccc1[C@@H](C)NC(=O)CN(c1cccc(Br)c1)S(C)(=O)=O. The van der Waals surface area contributed by atoms with E-state index in [0.717, 1.165) is 20.6 Å². The van der Waals surface area contributed by atoms with Crippen LogP contribution < -0.4 is 14.4 Å². The Hall–Kier alpha value is -2.06. The van der Waals surface area contributed by atoms with Crippen LogP contribution in [0.3, 0.4) is 0 Å². The predicted octanol–water partition coefficient (Wildman–Crippen LogP) is 3.10. The Morgan fingerprint density at radius 2 is 1.92 bits per heavy atom. The number of methoxy groups -OCH3 is 1. The summed E-state index contributed by atoms with van der Waals surface area (Å²) in [6, 6.07) is 13.8. The van der Waals surface area contributed by atoms with Gasteiger partial charge in [-0.3, -0.25) is 9.10 Å². The van der Waals surface area contributed by atoms with Crippen LogP contribution in [-0.2, 0) is 14.8 Å². The Labute approximate surface area is 162 Å². The first-order valence-corrected chi connectivity index (χ1v) is 10.5. The molecule has 26 heavy (non-hydrogen) atoms. The van der Waals surface area contributed by atoms with E-state index in [2.05, 4.69) is 21.2 Å². The highest BCUT2D eigenvalue weighted by atomic mass is 79.9. The van der Waals surface area contributed by atoms with Gasteiger partial charge in [-0.25, -0.2) is 8.42 Å². The molecular formula is C18H21BrN2O4S. The minimum atomic E-state index is -3.62. The van der Waals surface area contributed by atoms with Crippen LogP contribution in [0.15, 0.2) is 53.0 Å². The molecule has 1 amide bonds. The molecule has 2 rings (SSSR count). The average Bonchev–Trinajstić information content (AvgIpc) is 2.58. The zero-order valence-corrected chi connectivity index (χ0v) is 17.2. The van der Waals surface area contributed by atoms with Gasteiger partial charge < -0.3 is 10.1 Å². The minimum Gasteiger partial charge on any atom is -0.496 e. The second-order valence-corrected chi connectivity index (χ2v) is 8.60. The van der Waals surface area contributed by atoms with Crippen LogP contribution in [0.1, 0.15) is 18.5 Å². The molecule has 0 heterocycles. The molecule has 140 valence electrons. The summed E-state index contributed by atoms with van der Waals surface area (Å²) in [6.07, 6.45) is 1.07. The molecule has 6 nitrogen and oxygen atoms in total. The molecule has 0 aliphatic carbocycles. The van der Waals surface area contributed by atoms with Gasteiger partial charge in [-0.15, -0.1) is 0 Å². The van der Waals surface area contributed by atoms with Gasteiger partial charge in [0.05, 0.1) is 25.1 Å². The molecule has 0 unspecified atom stereocenters. The summed E-state index contributed by atoms with van der Waals surface area (Å²) in [6.45, 7) is 1.51. The molecule has 0 saturated carbocycles. The maximum atomic E-state index is 12.5. The van der Waals surface area contributed by atoms with Gasteiger partial charge in [0.15, 0.2) is 0 Å². The highest BCUT2D eigenvalue weighted by molar-refractivity contribution is 9.10. The van der Waals surface area contributed by atoms with Crippen molar-refractivity contribution in [3.63, 3.8) is 0 Å². The molecule has 0 saturated heterocycles. The molecule has 0 bridgehead atoms. The number of benzene rings is 2. The number of ether oxygens (including phenoxy) is 1. The van der Waals surface area contributed by atoms with E-state index in [9.17, 15) is 13.2 Å². The van der Waals surface area contributed by atoms with Crippen LogP contribution in [0, 0.1) is 0 Å². The number of nitrogens with zero attached hydrogens (tertiary/aromatic N) is 1. The zero-order valence-electron chi connectivity index (χ0n) is 14.8. The van der Waals surface area contributed by atoms with E-state index in [1.165, 1.54) is 0 Å². The number of sulfonamides is 1. The summed E-state index contributed by atoms with van der Waals surface area (Å²) >= 11 is 3.31. The summed E-state index contributed by atoms with van der Waals surface area (Å²) in [5.41, 5.74) is 1.23. The van der Waals surface area contributed by atoms with Gasteiger partial charge in [-0.1, -0.05) is 40.2 Å². The monoisotopic (exact) mass is 440 g/mol. The normalized spacial score (nSPS) is 12.3. The molecule has 1 N–H and O–H groups in total. The summed E-state index contributed by atoms with van der Waals surface area (Å²) in [7, 11) is -2.05.